The second kappa shape index (κ2) is 5.25. The van der Waals surface area contributed by atoms with Gasteiger partial charge >= 0.3 is 0 Å². The first-order valence-electron chi connectivity index (χ1n) is 6.40. The molecule has 0 bridgehead atoms. The summed E-state index contributed by atoms with van der Waals surface area (Å²) in [5, 5.41) is 2.85. The average Bonchev–Trinajstić information content (AvgIpc) is 3.19. The van der Waals surface area contributed by atoms with Crippen LogP contribution in [-0.2, 0) is 11.2 Å². The SMILES string of the molecule is CC(CN)(NC(=O)Cc1cccc(F)c1F)C1CC1. The van der Waals surface area contributed by atoms with E-state index in [9.17, 15) is 13.6 Å². The Kier molecular flexibility index (Phi) is 3.85. The number of amides is 1. The molecule has 1 unspecified atom stereocenters. The van der Waals surface area contributed by atoms with Crippen LogP contribution in [0.2, 0.25) is 0 Å². The van der Waals surface area contributed by atoms with Crippen molar-refractivity contribution in [2.45, 2.75) is 31.7 Å². The summed E-state index contributed by atoms with van der Waals surface area (Å²) in [7, 11) is 0. The molecule has 1 amide bonds. The summed E-state index contributed by atoms with van der Waals surface area (Å²) in [6.45, 7) is 2.24. The molecule has 1 saturated carbocycles. The summed E-state index contributed by atoms with van der Waals surface area (Å²) < 4.78 is 26.5. The lowest BCUT2D eigenvalue weighted by Gasteiger charge is -2.29. The smallest absolute Gasteiger partial charge is 0.225 e. The first-order valence-corrected chi connectivity index (χ1v) is 6.40. The van der Waals surface area contributed by atoms with Gasteiger partial charge in [-0.3, -0.25) is 4.79 Å². The number of hydrogen-bond donors (Lipinski definition) is 2. The molecule has 19 heavy (non-hydrogen) atoms. The van der Waals surface area contributed by atoms with Crippen LogP contribution < -0.4 is 11.1 Å². The maximum atomic E-state index is 13.5. The molecule has 1 atom stereocenters. The van der Waals surface area contributed by atoms with Crippen LogP contribution in [-0.4, -0.2) is 18.0 Å². The van der Waals surface area contributed by atoms with E-state index in [1.807, 2.05) is 6.92 Å². The normalized spacial score (nSPS) is 17.9. The van der Waals surface area contributed by atoms with Gasteiger partial charge in [0, 0.05) is 12.1 Å². The van der Waals surface area contributed by atoms with E-state index >= 15 is 0 Å². The van der Waals surface area contributed by atoms with Crippen LogP contribution in [0.4, 0.5) is 8.78 Å². The average molecular weight is 268 g/mol. The van der Waals surface area contributed by atoms with Crippen molar-refractivity contribution in [2.75, 3.05) is 6.54 Å². The molecule has 0 aromatic heterocycles. The lowest BCUT2D eigenvalue weighted by atomic mass is 9.95. The Balaban J connectivity index is 2.03. The van der Waals surface area contributed by atoms with E-state index in [-0.39, 0.29) is 17.9 Å². The lowest BCUT2D eigenvalue weighted by molar-refractivity contribution is -0.122. The van der Waals surface area contributed by atoms with Crippen molar-refractivity contribution in [3.63, 3.8) is 0 Å². The fourth-order valence-corrected chi connectivity index (χ4v) is 2.26. The highest BCUT2D eigenvalue weighted by Gasteiger charge is 2.41. The van der Waals surface area contributed by atoms with Crippen molar-refractivity contribution in [3.05, 3.63) is 35.4 Å². The van der Waals surface area contributed by atoms with Crippen LogP contribution in [0, 0.1) is 17.6 Å². The second-order valence-corrected chi connectivity index (χ2v) is 5.33. The molecule has 1 aliphatic carbocycles. The van der Waals surface area contributed by atoms with Crippen LogP contribution >= 0.6 is 0 Å². The van der Waals surface area contributed by atoms with E-state index < -0.39 is 17.2 Å². The van der Waals surface area contributed by atoms with Crippen molar-refractivity contribution < 1.29 is 13.6 Å². The first-order chi connectivity index (χ1) is 8.96. The number of benzene rings is 1. The molecule has 1 fully saturated rings. The summed E-state index contributed by atoms with van der Waals surface area (Å²) in [6.07, 6.45) is 1.91. The van der Waals surface area contributed by atoms with Gasteiger partial charge in [-0.1, -0.05) is 12.1 Å². The number of carbonyl (C=O) groups excluding carboxylic acids is 1. The number of nitrogens with one attached hydrogen (secondary N) is 1. The van der Waals surface area contributed by atoms with E-state index in [0.29, 0.717) is 12.5 Å². The van der Waals surface area contributed by atoms with Gasteiger partial charge in [0.25, 0.3) is 0 Å². The maximum Gasteiger partial charge on any atom is 0.225 e. The molecule has 0 saturated heterocycles. The summed E-state index contributed by atoms with van der Waals surface area (Å²) in [4.78, 5) is 11.9. The molecule has 0 heterocycles. The summed E-state index contributed by atoms with van der Waals surface area (Å²) in [5.74, 6) is -1.84. The predicted molar refractivity (Wildman–Crippen MR) is 68.4 cm³/mol. The van der Waals surface area contributed by atoms with E-state index in [2.05, 4.69) is 5.32 Å². The molecule has 0 radical (unpaired) electrons. The maximum absolute atomic E-state index is 13.5. The van der Waals surface area contributed by atoms with Gasteiger partial charge in [0.05, 0.1) is 12.0 Å². The van der Waals surface area contributed by atoms with E-state index in [1.165, 1.54) is 12.1 Å². The van der Waals surface area contributed by atoms with Crippen molar-refractivity contribution in [3.8, 4) is 0 Å². The minimum absolute atomic E-state index is 0.0627. The third-order valence-corrected chi connectivity index (χ3v) is 3.71. The van der Waals surface area contributed by atoms with Gasteiger partial charge in [0.1, 0.15) is 0 Å². The number of rotatable bonds is 5. The highest BCUT2D eigenvalue weighted by molar-refractivity contribution is 5.79. The molecule has 5 heteroatoms. The monoisotopic (exact) mass is 268 g/mol. The third-order valence-electron chi connectivity index (χ3n) is 3.71. The standard InChI is InChI=1S/C14H18F2N2O/c1-14(8-17,10-5-6-10)18-12(19)7-9-3-2-4-11(15)13(9)16/h2-4,10H,5-8,17H2,1H3,(H,18,19). The molecule has 1 aromatic carbocycles. The van der Waals surface area contributed by atoms with Gasteiger partial charge in [-0.2, -0.15) is 0 Å². The van der Waals surface area contributed by atoms with Gasteiger partial charge in [0.15, 0.2) is 11.6 Å². The fourth-order valence-electron chi connectivity index (χ4n) is 2.26. The quantitative estimate of drug-likeness (QED) is 0.855. The van der Waals surface area contributed by atoms with Gasteiger partial charge in [0.2, 0.25) is 5.91 Å². The molecule has 3 nitrogen and oxygen atoms in total. The van der Waals surface area contributed by atoms with Crippen LogP contribution in [0.15, 0.2) is 18.2 Å². The zero-order valence-electron chi connectivity index (χ0n) is 10.9. The van der Waals surface area contributed by atoms with Crippen molar-refractivity contribution in [1.29, 1.82) is 0 Å². The molecular formula is C14H18F2N2O. The Labute approximate surface area is 111 Å². The Bertz CT molecular complexity index is 488. The Morgan fingerprint density at radius 3 is 2.74 bits per heavy atom. The second-order valence-electron chi connectivity index (χ2n) is 5.33. The molecule has 1 aliphatic rings. The number of halogens is 2. The van der Waals surface area contributed by atoms with E-state index in [1.54, 1.807) is 0 Å². The topological polar surface area (TPSA) is 55.1 Å². The summed E-state index contributed by atoms with van der Waals surface area (Å²) >= 11 is 0. The largest absolute Gasteiger partial charge is 0.349 e. The molecule has 3 N–H and O–H groups in total. The predicted octanol–water partition coefficient (Wildman–Crippen LogP) is 1.75. The Morgan fingerprint density at radius 1 is 1.47 bits per heavy atom. The zero-order valence-corrected chi connectivity index (χ0v) is 10.9. The Hall–Kier alpha value is -1.49. The van der Waals surface area contributed by atoms with Crippen LogP contribution in [0.25, 0.3) is 0 Å². The Morgan fingerprint density at radius 2 is 2.16 bits per heavy atom. The van der Waals surface area contributed by atoms with E-state index in [4.69, 9.17) is 5.73 Å². The summed E-state index contributed by atoms with van der Waals surface area (Å²) in [5.41, 5.74) is 5.31. The summed E-state index contributed by atoms with van der Waals surface area (Å²) in [6, 6.07) is 3.84. The molecule has 0 aliphatic heterocycles. The van der Waals surface area contributed by atoms with E-state index in [0.717, 1.165) is 18.9 Å². The zero-order chi connectivity index (χ0) is 14.0. The number of carbonyl (C=O) groups is 1. The van der Waals surface area contributed by atoms with Gasteiger partial charge < -0.3 is 11.1 Å². The molecule has 2 rings (SSSR count). The van der Waals surface area contributed by atoms with Crippen LogP contribution in [0.1, 0.15) is 25.3 Å². The van der Waals surface area contributed by atoms with Gasteiger partial charge in [-0.05, 0) is 31.7 Å². The fraction of sp³-hybridized carbons (Fsp3) is 0.500. The highest BCUT2D eigenvalue weighted by atomic mass is 19.2. The van der Waals surface area contributed by atoms with Crippen LogP contribution in [0.5, 0.6) is 0 Å². The van der Waals surface area contributed by atoms with Crippen molar-refractivity contribution in [1.82, 2.24) is 5.32 Å². The molecule has 1 aromatic rings. The van der Waals surface area contributed by atoms with Crippen molar-refractivity contribution in [2.24, 2.45) is 11.7 Å². The highest BCUT2D eigenvalue weighted by Crippen LogP contribution is 2.38. The number of hydrogen-bond acceptors (Lipinski definition) is 2. The molecule has 104 valence electrons. The lowest BCUT2D eigenvalue weighted by Crippen LogP contribution is -2.53. The third kappa shape index (κ3) is 3.10. The minimum Gasteiger partial charge on any atom is -0.349 e. The van der Waals surface area contributed by atoms with Crippen LogP contribution in [0.3, 0.4) is 0 Å². The minimum atomic E-state index is -0.960. The van der Waals surface area contributed by atoms with Gasteiger partial charge in [-0.15, -0.1) is 0 Å². The molecule has 0 spiro atoms. The van der Waals surface area contributed by atoms with Gasteiger partial charge in [-0.25, -0.2) is 8.78 Å². The molecular weight excluding hydrogens is 250 g/mol. The first kappa shape index (κ1) is 13.9. The van der Waals surface area contributed by atoms with Crippen molar-refractivity contribution >= 4 is 5.91 Å². The number of nitrogens with two attached hydrogens (primary N) is 1.